The largest absolute Gasteiger partial charge is 0.444 e. The number of hydrogen-bond donors (Lipinski definition) is 1. The Morgan fingerprint density at radius 1 is 1.03 bits per heavy atom. The van der Waals surface area contributed by atoms with Crippen LogP contribution >= 0.6 is 0 Å². The van der Waals surface area contributed by atoms with E-state index in [-0.39, 0.29) is 11.7 Å². The second-order valence-corrected chi connectivity index (χ2v) is 11.5. The molecule has 4 aliphatic rings. The molecule has 2 N–H and O–H groups in total. The molecule has 5 rings (SSSR count). The minimum atomic E-state index is -0.456. The number of nitrogens with two attached hydrogens (primary N) is 1. The van der Waals surface area contributed by atoms with Gasteiger partial charge in [-0.25, -0.2) is 4.79 Å². The minimum absolute atomic E-state index is 0.192. The summed E-state index contributed by atoms with van der Waals surface area (Å²) in [4.78, 5) is 19.6. The van der Waals surface area contributed by atoms with Gasteiger partial charge in [0.1, 0.15) is 11.2 Å². The first-order valence-corrected chi connectivity index (χ1v) is 14.0. The smallest absolute Gasteiger partial charge is 0.410 e. The van der Waals surface area contributed by atoms with E-state index in [1.54, 1.807) is 0 Å². The van der Waals surface area contributed by atoms with Crippen molar-refractivity contribution in [1.29, 1.82) is 0 Å². The summed E-state index contributed by atoms with van der Waals surface area (Å²) in [6.07, 6.45) is 2.55. The van der Waals surface area contributed by atoms with Gasteiger partial charge in [-0.1, -0.05) is 44.2 Å². The van der Waals surface area contributed by atoms with Crippen LogP contribution < -0.4 is 5.73 Å². The third-order valence-electron chi connectivity index (χ3n) is 7.75. The van der Waals surface area contributed by atoms with Crippen LogP contribution in [-0.2, 0) is 16.0 Å². The first-order valence-electron chi connectivity index (χ1n) is 14.0. The zero-order valence-corrected chi connectivity index (χ0v) is 23.5. The second-order valence-electron chi connectivity index (χ2n) is 11.5. The van der Waals surface area contributed by atoms with E-state index in [1.165, 1.54) is 45.1 Å². The van der Waals surface area contributed by atoms with Gasteiger partial charge in [0.15, 0.2) is 0 Å². The Bertz CT molecular complexity index is 792. The highest BCUT2D eigenvalue weighted by Crippen LogP contribution is 2.44. The molecule has 36 heavy (non-hydrogen) atoms. The maximum atomic E-state index is 12.5. The van der Waals surface area contributed by atoms with E-state index in [1.807, 2.05) is 39.5 Å². The predicted octanol–water partition coefficient (Wildman–Crippen LogP) is 4.07. The van der Waals surface area contributed by atoms with E-state index < -0.39 is 5.60 Å². The first-order chi connectivity index (χ1) is 17.3. The lowest BCUT2D eigenvalue weighted by Gasteiger charge is -2.55. The maximum Gasteiger partial charge on any atom is 0.410 e. The van der Waals surface area contributed by atoms with Gasteiger partial charge in [0.25, 0.3) is 0 Å². The van der Waals surface area contributed by atoms with Gasteiger partial charge in [0.05, 0.1) is 13.2 Å². The van der Waals surface area contributed by atoms with Crippen LogP contribution in [0.3, 0.4) is 0 Å². The SMILES string of the molecule is CC.CC(C)(C)OC(=O)N1CCOC2(CN(CC3C4CCC3CN(Cc3ccccc3)C4)C2)C1.CN. The average Bonchev–Trinajstić information content (AvgIpc) is 3.08. The lowest BCUT2D eigenvalue weighted by molar-refractivity contribution is -0.184. The highest BCUT2D eigenvalue weighted by atomic mass is 16.6. The molecule has 2 bridgehead atoms. The number of piperidine rings is 1. The molecule has 2 atom stereocenters. The molecule has 1 spiro atoms. The van der Waals surface area contributed by atoms with Gasteiger partial charge in [-0.2, -0.15) is 0 Å². The molecular formula is C29H50N4O3. The van der Waals surface area contributed by atoms with E-state index in [4.69, 9.17) is 9.47 Å². The number of hydrogen-bond acceptors (Lipinski definition) is 6. The monoisotopic (exact) mass is 502 g/mol. The standard InChI is InChI=1S/C26H39N3O3.C2H6.CH5N/c1-25(2,3)32-24(30)29-11-12-31-26(19-29)17-28(18-26)16-23-21-9-10-22(23)15-27(14-21)13-20-7-5-4-6-8-20;2*1-2/h4-8,21-23H,9-19H2,1-3H3;1-2H3;2H2,1H3. The molecule has 1 aromatic carbocycles. The lowest BCUT2D eigenvalue weighted by atomic mass is 9.82. The van der Waals surface area contributed by atoms with E-state index in [2.05, 4.69) is 45.9 Å². The molecule has 3 aliphatic heterocycles. The Labute approximate surface area is 219 Å². The number of likely N-dealkylation sites (tertiary alicyclic amines) is 2. The zero-order chi connectivity index (χ0) is 26.3. The van der Waals surface area contributed by atoms with Gasteiger partial charge >= 0.3 is 6.09 Å². The summed E-state index contributed by atoms with van der Waals surface area (Å²) in [6.45, 7) is 18.3. The Hall–Kier alpha value is -1.67. The maximum absolute atomic E-state index is 12.5. The van der Waals surface area contributed by atoms with Gasteiger partial charge in [0, 0.05) is 45.8 Å². The number of carbonyl (C=O) groups excluding carboxylic acids is 1. The normalized spacial score (nSPS) is 27.3. The van der Waals surface area contributed by atoms with Crippen LogP contribution in [0.4, 0.5) is 4.79 Å². The molecule has 204 valence electrons. The second kappa shape index (κ2) is 12.7. The summed E-state index contributed by atoms with van der Waals surface area (Å²) in [6, 6.07) is 10.9. The fourth-order valence-corrected chi connectivity index (χ4v) is 6.42. The van der Waals surface area contributed by atoms with Crippen molar-refractivity contribution in [2.24, 2.45) is 23.5 Å². The number of fused-ring (bicyclic) bond motifs is 2. The molecule has 1 amide bonds. The summed E-state index contributed by atoms with van der Waals surface area (Å²) in [7, 11) is 1.50. The summed E-state index contributed by atoms with van der Waals surface area (Å²) in [5.74, 6) is 2.45. The summed E-state index contributed by atoms with van der Waals surface area (Å²) >= 11 is 0. The Balaban J connectivity index is 0.000000861. The van der Waals surface area contributed by atoms with Crippen LogP contribution in [0.15, 0.2) is 30.3 Å². The highest BCUT2D eigenvalue weighted by Gasteiger charge is 2.51. The van der Waals surface area contributed by atoms with Crippen molar-refractivity contribution in [3.8, 4) is 0 Å². The Morgan fingerprint density at radius 2 is 1.64 bits per heavy atom. The van der Waals surface area contributed by atoms with Gasteiger partial charge in [0.2, 0.25) is 0 Å². The number of amides is 1. The van der Waals surface area contributed by atoms with Crippen LogP contribution in [0, 0.1) is 17.8 Å². The predicted molar refractivity (Wildman–Crippen MR) is 146 cm³/mol. The summed E-state index contributed by atoms with van der Waals surface area (Å²) in [5, 5.41) is 0. The van der Waals surface area contributed by atoms with E-state index in [9.17, 15) is 4.79 Å². The highest BCUT2D eigenvalue weighted by molar-refractivity contribution is 5.68. The van der Waals surface area contributed by atoms with Crippen LogP contribution in [0.2, 0.25) is 0 Å². The van der Waals surface area contributed by atoms with Crippen molar-refractivity contribution < 1.29 is 14.3 Å². The fourth-order valence-electron chi connectivity index (χ4n) is 6.42. The van der Waals surface area contributed by atoms with E-state index in [0.29, 0.717) is 19.7 Å². The molecule has 1 aromatic rings. The number of benzene rings is 1. The molecule has 3 heterocycles. The van der Waals surface area contributed by atoms with Gasteiger partial charge in [-0.15, -0.1) is 0 Å². The fraction of sp³-hybridized carbons (Fsp3) is 0.759. The van der Waals surface area contributed by atoms with Gasteiger partial charge < -0.3 is 20.1 Å². The zero-order valence-electron chi connectivity index (χ0n) is 23.5. The number of carbonyl (C=O) groups is 1. The third kappa shape index (κ3) is 7.21. The molecular weight excluding hydrogens is 452 g/mol. The van der Waals surface area contributed by atoms with Crippen molar-refractivity contribution in [2.45, 2.75) is 65.2 Å². The molecule has 1 saturated carbocycles. The number of nitrogens with zero attached hydrogens (tertiary/aromatic N) is 3. The van der Waals surface area contributed by atoms with Crippen molar-refractivity contribution in [2.75, 3.05) is 59.5 Å². The number of ether oxygens (including phenoxy) is 2. The minimum Gasteiger partial charge on any atom is -0.444 e. The quantitative estimate of drug-likeness (QED) is 0.669. The molecule has 0 radical (unpaired) electrons. The molecule has 7 heteroatoms. The summed E-state index contributed by atoms with van der Waals surface area (Å²) < 4.78 is 11.8. The number of rotatable bonds is 4. The summed E-state index contributed by atoms with van der Waals surface area (Å²) in [5.41, 5.74) is 5.28. The molecule has 7 nitrogen and oxygen atoms in total. The van der Waals surface area contributed by atoms with Crippen LogP contribution in [0.5, 0.6) is 0 Å². The Kier molecular flexibility index (Phi) is 10.2. The third-order valence-corrected chi connectivity index (χ3v) is 7.75. The van der Waals surface area contributed by atoms with E-state index in [0.717, 1.165) is 37.4 Å². The van der Waals surface area contributed by atoms with Crippen molar-refractivity contribution in [3.05, 3.63) is 35.9 Å². The lowest BCUT2D eigenvalue weighted by Crippen LogP contribution is -2.71. The molecule has 1 aliphatic carbocycles. The first kappa shape index (κ1) is 28.9. The molecule has 4 fully saturated rings. The van der Waals surface area contributed by atoms with Crippen molar-refractivity contribution >= 4 is 6.09 Å². The average molecular weight is 503 g/mol. The van der Waals surface area contributed by atoms with Crippen molar-refractivity contribution in [3.63, 3.8) is 0 Å². The van der Waals surface area contributed by atoms with Gasteiger partial charge in [-0.3, -0.25) is 9.80 Å². The van der Waals surface area contributed by atoms with Crippen molar-refractivity contribution in [1.82, 2.24) is 14.7 Å². The molecule has 3 saturated heterocycles. The van der Waals surface area contributed by atoms with Crippen LogP contribution in [0.25, 0.3) is 0 Å². The van der Waals surface area contributed by atoms with Crippen LogP contribution in [-0.4, -0.2) is 91.5 Å². The molecule has 2 unspecified atom stereocenters. The topological polar surface area (TPSA) is 71.3 Å². The van der Waals surface area contributed by atoms with Crippen LogP contribution in [0.1, 0.15) is 53.0 Å². The number of morpholine rings is 1. The van der Waals surface area contributed by atoms with Gasteiger partial charge in [-0.05, 0) is 64.0 Å². The van der Waals surface area contributed by atoms with E-state index >= 15 is 0 Å². The molecule has 0 aromatic heterocycles. The Morgan fingerprint density at radius 3 is 2.22 bits per heavy atom.